The predicted octanol–water partition coefficient (Wildman–Crippen LogP) is 2.71. The molecule has 0 saturated heterocycles. The minimum Gasteiger partial charge on any atom is -0.492 e. The van der Waals surface area contributed by atoms with Gasteiger partial charge in [-0.2, -0.15) is 5.26 Å². The van der Waals surface area contributed by atoms with Crippen molar-refractivity contribution in [2.45, 2.75) is 25.7 Å². The van der Waals surface area contributed by atoms with Gasteiger partial charge in [-0.1, -0.05) is 18.9 Å². The Morgan fingerprint density at radius 1 is 1.38 bits per heavy atom. The monoisotopic (exact) mass is 216 g/mol. The van der Waals surface area contributed by atoms with Crippen molar-refractivity contribution in [3.05, 3.63) is 23.8 Å². The Morgan fingerprint density at radius 2 is 2.12 bits per heavy atom. The molecule has 1 fully saturated rings. The molecule has 0 unspecified atom stereocenters. The fourth-order valence-electron chi connectivity index (χ4n) is 2.17. The van der Waals surface area contributed by atoms with Crippen LogP contribution in [0.2, 0.25) is 0 Å². The zero-order valence-electron chi connectivity index (χ0n) is 9.28. The van der Waals surface area contributed by atoms with Crippen LogP contribution in [0.4, 0.5) is 5.69 Å². The van der Waals surface area contributed by atoms with E-state index in [4.69, 9.17) is 15.7 Å². The van der Waals surface area contributed by atoms with Crippen LogP contribution in [-0.2, 0) is 0 Å². The summed E-state index contributed by atoms with van der Waals surface area (Å²) < 4.78 is 5.69. The van der Waals surface area contributed by atoms with E-state index in [0.29, 0.717) is 29.5 Å². The van der Waals surface area contributed by atoms with Gasteiger partial charge in [-0.25, -0.2) is 0 Å². The van der Waals surface area contributed by atoms with Crippen molar-refractivity contribution in [1.82, 2.24) is 0 Å². The summed E-state index contributed by atoms with van der Waals surface area (Å²) in [6.07, 6.45) is 5.08. The number of ether oxygens (including phenoxy) is 1. The number of nitrogens with zero attached hydrogens (tertiary/aromatic N) is 1. The summed E-state index contributed by atoms with van der Waals surface area (Å²) in [5.41, 5.74) is 6.66. The first-order valence-electron chi connectivity index (χ1n) is 5.72. The number of hydrogen-bond donors (Lipinski definition) is 1. The van der Waals surface area contributed by atoms with Gasteiger partial charge in [0.1, 0.15) is 17.4 Å². The molecule has 1 aromatic carbocycles. The van der Waals surface area contributed by atoms with E-state index < -0.39 is 0 Å². The summed E-state index contributed by atoms with van der Waals surface area (Å²) in [7, 11) is 0. The van der Waals surface area contributed by atoms with Crippen LogP contribution in [0.25, 0.3) is 0 Å². The molecule has 1 saturated carbocycles. The van der Waals surface area contributed by atoms with Crippen molar-refractivity contribution < 1.29 is 4.74 Å². The molecule has 0 radical (unpaired) electrons. The molecular weight excluding hydrogens is 200 g/mol. The summed E-state index contributed by atoms with van der Waals surface area (Å²) in [4.78, 5) is 0. The summed E-state index contributed by atoms with van der Waals surface area (Å²) in [6.45, 7) is 0.706. The minimum atomic E-state index is 0.459. The number of rotatable bonds is 3. The molecule has 16 heavy (non-hydrogen) atoms. The number of benzene rings is 1. The Balaban J connectivity index is 2.03. The van der Waals surface area contributed by atoms with Gasteiger partial charge in [0.25, 0.3) is 0 Å². The molecule has 0 aromatic heterocycles. The lowest BCUT2D eigenvalue weighted by atomic mass is 10.1. The average molecular weight is 216 g/mol. The normalized spacial score (nSPS) is 15.9. The fourth-order valence-corrected chi connectivity index (χ4v) is 2.17. The molecule has 1 aromatic rings. The third-order valence-electron chi connectivity index (χ3n) is 3.12. The SMILES string of the molecule is N#Cc1c(N)cccc1OCC1CCCC1. The van der Waals surface area contributed by atoms with Crippen LogP contribution >= 0.6 is 0 Å². The minimum absolute atomic E-state index is 0.459. The van der Waals surface area contributed by atoms with Crippen molar-refractivity contribution in [2.75, 3.05) is 12.3 Å². The number of nitrogens with two attached hydrogens (primary N) is 1. The lowest BCUT2D eigenvalue weighted by Crippen LogP contribution is -2.09. The Labute approximate surface area is 95.8 Å². The van der Waals surface area contributed by atoms with Crippen molar-refractivity contribution in [1.29, 1.82) is 5.26 Å². The summed E-state index contributed by atoms with van der Waals surface area (Å²) in [5, 5.41) is 8.98. The maximum atomic E-state index is 8.98. The van der Waals surface area contributed by atoms with Crippen molar-refractivity contribution in [3.63, 3.8) is 0 Å². The largest absolute Gasteiger partial charge is 0.492 e. The van der Waals surface area contributed by atoms with E-state index in [-0.39, 0.29) is 0 Å². The molecule has 2 rings (SSSR count). The first-order valence-corrected chi connectivity index (χ1v) is 5.72. The van der Waals surface area contributed by atoms with Gasteiger partial charge in [0.15, 0.2) is 0 Å². The molecule has 0 amide bonds. The van der Waals surface area contributed by atoms with E-state index in [1.54, 1.807) is 6.07 Å². The van der Waals surface area contributed by atoms with Gasteiger partial charge in [0, 0.05) is 0 Å². The molecule has 0 spiro atoms. The Kier molecular flexibility index (Phi) is 3.31. The van der Waals surface area contributed by atoms with Crippen LogP contribution in [0, 0.1) is 17.2 Å². The van der Waals surface area contributed by atoms with E-state index in [2.05, 4.69) is 6.07 Å². The third kappa shape index (κ3) is 2.27. The van der Waals surface area contributed by atoms with Crippen LogP contribution < -0.4 is 10.5 Å². The maximum Gasteiger partial charge on any atom is 0.139 e. The van der Waals surface area contributed by atoms with E-state index >= 15 is 0 Å². The molecule has 3 nitrogen and oxygen atoms in total. The number of hydrogen-bond acceptors (Lipinski definition) is 3. The van der Waals surface area contributed by atoms with Crippen LogP contribution in [0.5, 0.6) is 5.75 Å². The van der Waals surface area contributed by atoms with E-state index in [1.165, 1.54) is 25.7 Å². The van der Waals surface area contributed by atoms with Crippen molar-refractivity contribution in [3.8, 4) is 11.8 Å². The molecule has 1 aliphatic rings. The van der Waals surface area contributed by atoms with Gasteiger partial charge in [0.2, 0.25) is 0 Å². The highest BCUT2D eigenvalue weighted by atomic mass is 16.5. The fraction of sp³-hybridized carbons (Fsp3) is 0.462. The highest BCUT2D eigenvalue weighted by Gasteiger charge is 2.16. The molecule has 0 heterocycles. The van der Waals surface area contributed by atoms with Gasteiger partial charge in [-0.15, -0.1) is 0 Å². The quantitative estimate of drug-likeness (QED) is 0.790. The Hall–Kier alpha value is -1.69. The summed E-state index contributed by atoms with van der Waals surface area (Å²) in [5.74, 6) is 1.27. The van der Waals surface area contributed by atoms with E-state index in [1.807, 2.05) is 12.1 Å². The highest BCUT2D eigenvalue weighted by molar-refractivity contribution is 5.60. The number of nitrogen functional groups attached to an aromatic ring is 1. The second-order valence-corrected chi connectivity index (χ2v) is 4.29. The summed E-state index contributed by atoms with van der Waals surface area (Å²) >= 11 is 0. The summed E-state index contributed by atoms with van der Waals surface area (Å²) in [6, 6.07) is 7.44. The lowest BCUT2D eigenvalue weighted by Gasteiger charge is -2.12. The van der Waals surface area contributed by atoms with Gasteiger partial charge in [-0.3, -0.25) is 0 Å². The molecule has 0 atom stereocenters. The van der Waals surface area contributed by atoms with Gasteiger partial charge < -0.3 is 10.5 Å². The smallest absolute Gasteiger partial charge is 0.139 e. The molecule has 3 heteroatoms. The third-order valence-corrected chi connectivity index (χ3v) is 3.12. The predicted molar refractivity (Wildman–Crippen MR) is 63.0 cm³/mol. The van der Waals surface area contributed by atoms with Gasteiger partial charge >= 0.3 is 0 Å². The maximum absolute atomic E-state index is 8.98. The van der Waals surface area contributed by atoms with Crippen LogP contribution in [0.3, 0.4) is 0 Å². The lowest BCUT2D eigenvalue weighted by molar-refractivity contribution is 0.251. The van der Waals surface area contributed by atoms with E-state index in [0.717, 1.165) is 0 Å². The number of nitriles is 1. The molecule has 84 valence electrons. The Morgan fingerprint density at radius 3 is 2.81 bits per heavy atom. The molecule has 0 bridgehead atoms. The van der Waals surface area contributed by atoms with Crippen molar-refractivity contribution >= 4 is 5.69 Å². The van der Waals surface area contributed by atoms with E-state index in [9.17, 15) is 0 Å². The highest BCUT2D eigenvalue weighted by Crippen LogP contribution is 2.28. The van der Waals surface area contributed by atoms with Gasteiger partial charge in [-0.05, 0) is 30.9 Å². The zero-order chi connectivity index (χ0) is 11.4. The first-order chi connectivity index (χ1) is 7.81. The van der Waals surface area contributed by atoms with Crippen LogP contribution in [-0.4, -0.2) is 6.61 Å². The second kappa shape index (κ2) is 4.89. The zero-order valence-corrected chi connectivity index (χ0v) is 9.28. The van der Waals surface area contributed by atoms with Crippen molar-refractivity contribution in [2.24, 2.45) is 5.92 Å². The number of anilines is 1. The Bertz CT molecular complexity index is 403. The molecule has 0 aliphatic heterocycles. The van der Waals surface area contributed by atoms with Gasteiger partial charge in [0.05, 0.1) is 12.3 Å². The standard InChI is InChI=1S/C13H16N2O/c14-8-11-12(15)6-3-7-13(11)16-9-10-4-1-2-5-10/h3,6-7,10H,1-2,4-5,9,15H2. The second-order valence-electron chi connectivity index (χ2n) is 4.29. The first kappa shape index (κ1) is 10.8. The van der Waals surface area contributed by atoms with Crippen LogP contribution in [0.1, 0.15) is 31.2 Å². The molecule has 1 aliphatic carbocycles. The topological polar surface area (TPSA) is 59.0 Å². The molecular formula is C13H16N2O. The molecule has 2 N–H and O–H groups in total. The average Bonchev–Trinajstić information content (AvgIpc) is 2.79. The van der Waals surface area contributed by atoms with Crippen LogP contribution in [0.15, 0.2) is 18.2 Å².